The quantitative estimate of drug-likeness (QED) is 0.679. The SMILES string of the molecule is C=C(C)CN(C)c1cccc(C#N)n1. The average Bonchev–Trinajstić information content (AvgIpc) is 2.17. The summed E-state index contributed by atoms with van der Waals surface area (Å²) >= 11 is 0. The van der Waals surface area contributed by atoms with Crippen LogP contribution in [-0.4, -0.2) is 18.6 Å². The fourth-order valence-electron chi connectivity index (χ4n) is 1.18. The minimum absolute atomic E-state index is 0.441. The van der Waals surface area contributed by atoms with Gasteiger partial charge in [0.25, 0.3) is 0 Å². The van der Waals surface area contributed by atoms with Crippen molar-refractivity contribution in [2.45, 2.75) is 6.92 Å². The van der Waals surface area contributed by atoms with Crippen LogP contribution in [0.25, 0.3) is 0 Å². The summed E-state index contributed by atoms with van der Waals surface area (Å²) in [5, 5.41) is 8.68. The number of anilines is 1. The molecule has 72 valence electrons. The number of hydrogen-bond donors (Lipinski definition) is 0. The average molecular weight is 187 g/mol. The second kappa shape index (κ2) is 4.43. The Hall–Kier alpha value is -1.82. The van der Waals surface area contributed by atoms with Crippen LogP contribution in [0, 0.1) is 11.3 Å². The van der Waals surface area contributed by atoms with E-state index in [9.17, 15) is 0 Å². The smallest absolute Gasteiger partial charge is 0.142 e. The monoisotopic (exact) mass is 187 g/mol. The first-order chi connectivity index (χ1) is 6.63. The van der Waals surface area contributed by atoms with E-state index in [1.165, 1.54) is 0 Å². The van der Waals surface area contributed by atoms with Gasteiger partial charge in [-0.25, -0.2) is 4.98 Å². The van der Waals surface area contributed by atoms with Crippen molar-refractivity contribution in [2.24, 2.45) is 0 Å². The van der Waals surface area contributed by atoms with Crippen LogP contribution in [0.4, 0.5) is 5.82 Å². The van der Waals surface area contributed by atoms with Gasteiger partial charge in [0.2, 0.25) is 0 Å². The fourth-order valence-corrected chi connectivity index (χ4v) is 1.18. The largest absolute Gasteiger partial charge is 0.356 e. The van der Waals surface area contributed by atoms with Crippen LogP contribution in [0.1, 0.15) is 12.6 Å². The van der Waals surface area contributed by atoms with Gasteiger partial charge in [-0.3, -0.25) is 0 Å². The zero-order valence-corrected chi connectivity index (χ0v) is 8.49. The molecule has 0 spiro atoms. The Labute approximate surface area is 84.3 Å². The number of pyridine rings is 1. The van der Waals surface area contributed by atoms with Gasteiger partial charge < -0.3 is 4.90 Å². The molecule has 0 N–H and O–H groups in total. The molecule has 3 heteroatoms. The molecule has 0 aromatic carbocycles. The number of nitriles is 1. The third-order valence-electron chi connectivity index (χ3n) is 1.75. The van der Waals surface area contributed by atoms with E-state index >= 15 is 0 Å². The number of aromatic nitrogens is 1. The van der Waals surface area contributed by atoms with Crippen molar-refractivity contribution >= 4 is 5.82 Å². The predicted octanol–water partition coefficient (Wildman–Crippen LogP) is 1.97. The molecule has 1 aromatic rings. The maximum absolute atomic E-state index is 8.68. The summed E-state index contributed by atoms with van der Waals surface area (Å²) in [7, 11) is 1.93. The fraction of sp³-hybridized carbons (Fsp3) is 0.273. The molecule has 0 radical (unpaired) electrons. The van der Waals surface area contributed by atoms with E-state index in [-0.39, 0.29) is 0 Å². The summed E-state index contributed by atoms with van der Waals surface area (Å²) < 4.78 is 0. The minimum atomic E-state index is 0.441. The lowest BCUT2D eigenvalue weighted by Gasteiger charge is -2.17. The maximum Gasteiger partial charge on any atom is 0.142 e. The van der Waals surface area contributed by atoms with Crippen molar-refractivity contribution in [3.05, 3.63) is 36.0 Å². The molecular weight excluding hydrogens is 174 g/mol. The van der Waals surface area contributed by atoms with Gasteiger partial charge >= 0.3 is 0 Å². The van der Waals surface area contributed by atoms with Crippen molar-refractivity contribution in [2.75, 3.05) is 18.5 Å². The highest BCUT2D eigenvalue weighted by atomic mass is 15.2. The Morgan fingerprint density at radius 3 is 2.93 bits per heavy atom. The maximum atomic E-state index is 8.68. The lowest BCUT2D eigenvalue weighted by Crippen LogP contribution is -2.20. The Morgan fingerprint density at radius 1 is 1.64 bits per heavy atom. The first kappa shape index (κ1) is 10.3. The molecule has 0 fully saturated rings. The summed E-state index contributed by atoms with van der Waals surface area (Å²) in [6, 6.07) is 7.42. The van der Waals surface area contributed by atoms with E-state index in [1.807, 2.05) is 37.1 Å². The Kier molecular flexibility index (Phi) is 3.24. The van der Waals surface area contributed by atoms with Crippen LogP contribution in [0.2, 0.25) is 0 Å². The van der Waals surface area contributed by atoms with Gasteiger partial charge in [0.1, 0.15) is 17.6 Å². The second-order valence-corrected chi connectivity index (χ2v) is 3.31. The van der Waals surface area contributed by atoms with Gasteiger partial charge in [-0.15, -0.1) is 0 Å². The van der Waals surface area contributed by atoms with Crippen molar-refractivity contribution < 1.29 is 0 Å². The highest BCUT2D eigenvalue weighted by molar-refractivity contribution is 5.41. The summed E-state index contributed by atoms with van der Waals surface area (Å²) in [5.41, 5.74) is 1.51. The molecule has 0 atom stereocenters. The molecule has 1 rings (SSSR count). The van der Waals surface area contributed by atoms with Crippen LogP contribution in [0.5, 0.6) is 0 Å². The van der Waals surface area contributed by atoms with E-state index in [2.05, 4.69) is 11.6 Å². The van der Waals surface area contributed by atoms with Crippen molar-refractivity contribution in [3.63, 3.8) is 0 Å². The lowest BCUT2D eigenvalue weighted by atomic mass is 10.3. The normalized spacial score (nSPS) is 9.21. The van der Waals surface area contributed by atoms with Crippen LogP contribution in [0.3, 0.4) is 0 Å². The zero-order chi connectivity index (χ0) is 10.6. The van der Waals surface area contributed by atoms with Crippen LogP contribution < -0.4 is 4.90 Å². The van der Waals surface area contributed by atoms with Crippen LogP contribution >= 0.6 is 0 Å². The van der Waals surface area contributed by atoms with Crippen molar-refractivity contribution in [1.29, 1.82) is 5.26 Å². The molecule has 0 saturated heterocycles. The lowest BCUT2D eigenvalue weighted by molar-refractivity contribution is 0.951. The van der Waals surface area contributed by atoms with Gasteiger partial charge in [0.15, 0.2) is 0 Å². The van der Waals surface area contributed by atoms with E-state index < -0.39 is 0 Å². The highest BCUT2D eigenvalue weighted by Gasteiger charge is 2.02. The number of likely N-dealkylation sites (N-methyl/N-ethyl adjacent to an activating group) is 1. The topological polar surface area (TPSA) is 39.9 Å². The molecule has 0 aliphatic carbocycles. The zero-order valence-electron chi connectivity index (χ0n) is 8.49. The molecule has 14 heavy (non-hydrogen) atoms. The highest BCUT2D eigenvalue weighted by Crippen LogP contribution is 2.10. The minimum Gasteiger partial charge on any atom is -0.356 e. The van der Waals surface area contributed by atoms with E-state index in [0.717, 1.165) is 17.9 Å². The van der Waals surface area contributed by atoms with Crippen LogP contribution in [0.15, 0.2) is 30.4 Å². The van der Waals surface area contributed by atoms with E-state index in [4.69, 9.17) is 5.26 Å². The van der Waals surface area contributed by atoms with Crippen molar-refractivity contribution in [1.82, 2.24) is 4.98 Å². The first-order valence-corrected chi connectivity index (χ1v) is 4.36. The van der Waals surface area contributed by atoms with Crippen LogP contribution in [-0.2, 0) is 0 Å². The van der Waals surface area contributed by atoms with Gasteiger partial charge in [0.05, 0.1) is 0 Å². The molecule has 3 nitrogen and oxygen atoms in total. The van der Waals surface area contributed by atoms with Gasteiger partial charge in [-0.05, 0) is 19.1 Å². The standard InChI is InChI=1S/C11H13N3/c1-9(2)8-14(3)11-6-4-5-10(7-12)13-11/h4-6H,1,8H2,2-3H3. The second-order valence-electron chi connectivity index (χ2n) is 3.31. The van der Waals surface area contributed by atoms with Gasteiger partial charge in [-0.1, -0.05) is 18.2 Å². The van der Waals surface area contributed by atoms with Crippen molar-refractivity contribution in [3.8, 4) is 6.07 Å². The molecule has 0 aliphatic heterocycles. The molecule has 0 bridgehead atoms. The predicted molar refractivity (Wildman–Crippen MR) is 57.0 cm³/mol. The Morgan fingerprint density at radius 2 is 2.36 bits per heavy atom. The van der Waals surface area contributed by atoms with E-state index in [0.29, 0.717) is 5.69 Å². The molecule has 0 aliphatic rings. The summed E-state index contributed by atoms with van der Waals surface area (Å²) in [6.45, 7) is 6.54. The van der Waals surface area contributed by atoms with Gasteiger partial charge in [0, 0.05) is 13.6 Å². The molecule has 0 amide bonds. The number of rotatable bonds is 3. The molecule has 0 saturated carbocycles. The molecular formula is C11H13N3. The Bertz CT molecular complexity index is 376. The van der Waals surface area contributed by atoms with Gasteiger partial charge in [-0.2, -0.15) is 5.26 Å². The Balaban J connectivity index is 2.85. The number of hydrogen-bond acceptors (Lipinski definition) is 3. The molecule has 0 unspecified atom stereocenters. The molecule has 1 aromatic heterocycles. The third-order valence-corrected chi connectivity index (χ3v) is 1.75. The van der Waals surface area contributed by atoms with E-state index in [1.54, 1.807) is 6.07 Å². The number of nitrogens with zero attached hydrogens (tertiary/aromatic N) is 3. The first-order valence-electron chi connectivity index (χ1n) is 4.36. The third kappa shape index (κ3) is 2.60. The summed E-state index contributed by atoms with van der Waals surface area (Å²) in [5.74, 6) is 0.798. The summed E-state index contributed by atoms with van der Waals surface area (Å²) in [6.07, 6.45) is 0. The summed E-state index contributed by atoms with van der Waals surface area (Å²) in [4.78, 5) is 6.13. The molecule has 1 heterocycles.